The van der Waals surface area contributed by atoms with Gasteiger partial charge in [-0.2, -0.15) is 13.2 Å². The summed E-state index contributed by atoms with van der Waals surface area (Å²) in [6.45, 7) is 4.05. The molecule has 8 heteroatoms. The number of carbonyl (C=O) groups excluding carboxylic acids is 3. The Balaban J connectivity index is 2.89. The molecule has 1 aliphatic heterocycles. The molecule has 0 N–H and O–H groups in total. The maximum Gasteiger partial charge on any atom is 0.452 e. The van der Waals surface area contributed by atoms with Crippen molar-refractivity contribution in [2.45, 2.75) is 45.0 Å². The average Bonchev–Trinajstić information content (AvgIpc) is 2.55. The summed E-state index contributed by atoms with van der Waals surface area (Å²) in [5, 5.41) is 0. The summed E-state index contributed by atoms with van der Waals surface area (Å²) >= 11 is 0. The van der Waals surface area contributed by atoms with Crippen molar-refractivity contribution in [1.82, 2.24) is 4.90 Å². The molecule has 1 heterocycles. The average molecular weight is 281 g/mol. The second kappa shape index (κ2) is 4.82. The highest BCUT2D eigenvalue weighted by atomic mass is 19.4. The Morgan fingerprint density at radius 3 is 2.21 bits per heavy atom. The predicted octanol–water partition coefficient (Wildman–Crippen LogP) is 1.70. The van der Waals surface area contributed by atoms with E-state index in [1.807, 2.05) is 0 Å². The summed E-state index contributed by atoms with van der Waals surface area (Å²) in [5.74, 6) is -2.71. The van der Waals surface area contributed by atoms with E-state index < -0.39 is 48.4 Å². The Kier molecular flexibility index (Phi) is 3.92. The first-order chi connectivity index (χ1) is 8.42. The van der Waals surface area contributed by atoms with E-state index >= 15 is 0 Å². The van der Waals surface area contributed by atoms with Crippen LogP contribution in [0, 0.1) is 0 Å². The van der Waals surface area contributed by atoms with Gasteiger partial charge in [-0.3, -0.25) is 14.5 Å². The topological polar surface area (TPSA) is 63.7 Å². The van der Waals surface area contributed by atoms with Gasteiger partial charge in [0.15, 0.2) is 5.78 Å². The molecule has 1 fully saturated rings. The molecule has 0 unspecified atom stereocenters. The van der Waals surface area contributed by atoms with Crippen LogP contribution in [-0.2, 0) is 14.3 Å². The molecule has 5 nitrogen and oxygen atoms in total. The zero-order valence-corrected chi connectivity index (χ0v) is 10.7. The van der Waals surface area contributed by atoms with Gasteiger partial charge in [0.2, 0.25) is 0 Å². The van der Waals surface area contributed by atoms with Crippen LogP contribution in [-0.4, -0.2) is 46.9 Å². The van der Waals surface area contributed by atoms with Crippen LogP contribution in [0.1, 0.15) is 27.2 Å². The highest BCUT2D eigenvalue weighted by molar-refractivity contribution is 6.00. The Bertz CT molecular complexity index is 411. The Labute approximate surface area is 107 Å². The summed E-state index contributed by atoms with van der Waals surface area (Å²) in [7, 11) is 0. The standard InChI is InChI=1S/C11H14F3NO4/c1-10(2,3)19-9(18)15-5-6(16)4-7(15)8(17)11(12,13)14/h7H,4-5H2,1-3H3/t7-/m0/s1. The van der Waals surface area contributed by atoms with Crippen LogP contribution in [0.5, 0.6) is 0 Å². The number of alkyl halides is 3. The van der Waals surface area contributed by atoms with E-state index in [2.05, 4.69) is 0 Å². The molecule has 0 aromatic heterocycles. The van der Waals surface area contributed by atoms with E-state index in [1.54, 1.807) is 0 Å². The lowest BCUT2D eigenvalue weighted by Gasteiger charge is -2.27. The first-order valence-corrected chi connectivity index (χ1v) is 5.54. The number of ketones is 2. The summed E-state index contributed by atoms with van der Waals surface area (Å²) in [4.78, 5) is 34.6. The molecular weight excluding hydrogens is 267 g/mol. The maximum atomic E-state index is 12.4. The van der Waals surface area contributed by atoms with Crippen LogP contribution >= 0.6 is 0 Å². The molecule has 1 rings (SSSR count). The van der Waals surface area contributed by atoms with Crippen LogP contribution in [0.3, 0.4) is 0 Å². The number of halogens is 3. The number of likely N-dealkylation sites (tertiary alicyclic amines) is 1. The van der Waals surface area contributed by atoms with Crippen molar-refractivity contribution in [3.63, 3.8) is 0 Å². The van der Waals surface area contributed by atoms with Crippen LogP contribution in [0.4, 0.5) is 18.0 Å². The van der Waals surface area contributed by atoms with Crippen molar-refractivity contribution >= 4 is 17.7 Å². The quantitative estimate of drug-likeness (QED) is 0.733. The number of amides is 1. The number of ether oxygens (including phenoxy) is 1. The van der Waals surface area contributed by atoms with Crippen molar-refractivity contribution in [3.05, 3.63) is 0 Å². The first-order valence-electron chi connectivity index (χ1n) is 5.54. The number of Topliss-reactive ketones (excluding diaryl/α,β-unsaturated/α-hetero) is 2. The summed E-state index contributed by atoms with van der Waals surface area (Å²) in [5.41, 5.74) is -0.922. The minimum Gasteiger partial charge on any atom is -0.444 e. The number of rotatable bonds is 1. The fraction of sp³-hybridized carbons (Fsp3) is 0.727. The zero-order chi connectivity index (χ0) is 15.0. The van der Waals surface area contributed by atoms with Crippen molar-refractivity contribution in [3.8, 4) is 0 Å². The van der Waals surface area contributed by atoms with Gasteiger partial charge in [0, 0.05) is 6.42 Å². The first kappa shape index (κ1) is 15.5. The van der Waals surface area contributed by atoms with E-state index in [4.69, 9.17) is 4.74 Å². The molecule has 1 aliphatic rings. The molecular formula is C11H14F3NO4. The van der Waals surface area contributed by atoms with Crippen LogP contribution in [0.15, 0.2) is 0 Å². The fourth-order valence-corrected chi connectivity index (χ4v) is 1.63. The van der Waals surface area contributed by atoms with Gasteiger partial charge >= 0.3 is 12.3 Å². The third-order valence-electron chi connectivity index (χ3n) is 2.35. The van der Waals surface area contributed by atoms with E-state index in [1.165, 1.54) is 20.8 Å². The van der Waals surface area contributed by atoms with Crippen molar-refractivity contribution in [2.24, 2.45) is 0 Å². The highest BCUT2D eigenvalue weighted by Gasteiger charge is 2.51. The van der Waals surface area contributed by atoms with Gasteiger partial charge in [-0.15, -0.1) is 0 Å². The SMILES string of the molecule is CC(C)(C)OC(=O)N1CC(=O)C[C@H]1C(=O)C(F)(F)F. The smallest absolute Gasteiger partial charge is 0.444 e. The van der Waals surface area contributed by atoms with E-state index in [0.29, 0.717) is 4.90 Å². The number of carbonyl (C=O) groups is 3. The Morgan fingerprint density at radius 2 is 1.79 bits per heavy atom. The van der Waals surface area contributed by atoms with Gasteiger partial charge in [-0.25, -0.2) is 4.79 Å². The minimum absolute atomic E-state index is 0.531. The monoisotopic (exact) mass is 281 g/mol. The van der Waals surface area contributed by atoms with Gasteiger partial charge in [-0.05, 0) is 20.8 Å². The number of hydrogen-bond donors (Lipinski definition) is 0. The lowest BCUT2D eigenvalue weighted by Crippen LogP contribution is -2.47. The van der Waals surface area contributed by atoms with Gasteiger partial charge < -0.3 is 4.74 Å². The summed E-state index contributed by atoms with van der Waals surface area (Å²) < 4.78 is 42.0. The largest absolute Gasteiger partial charge is 0.452 e. The van der Waals surface area contributed by atoms with Crippen molar-refractivity contribution in [1.29, 1.82) is 0 Å². The molecule has 0 bridgehead atoms. The second-order valence-electron chi connectivity index (χ2n) is 5.23. The van der Waals surface area contributed by atoms with Gasteiger partial charge in [-0.1, -0.05) is 0 Å². The molecule has 0 radical (unpaired) electrons. The molecule has 0 spiro atoms. The van der Waals surface area contributed by atoms with Crippen LogP contribution < -0.4 is 0 Å². The van der Waals surface area contributed by atoms with Gasteiger partial charge in [0.05, 0.1) is 6.54 Å². The van der Waals surface area contributed by atoms with Crippen molar-refractivity contribution in [2.75, 3.05) is 6.54 Å². The molecule has 0 aliphatic carbocycles. The summed E-state index contributed by atoms with van der Waals surface area (Å²) in [6, 6.07) is -1.82. The van der Waals surface area contributed by atoms with E-state index in [-0.39, 0.29) is 0 Å². The summed E-state index contributed by atoms with van der Waals surface area (Å²) in [6.07, 6.45) is -6.81. The molecule has 0 saturated carbocycles. The molecule has 1 amide bonds. The lowest BCUT2D eigenvalue weighted by molar-refractivity contribution is -0.175. The highest BCUT2D eigenvalue weighted by Crippen LogP contribution is 2.26. The van der Waals surface area contributed by atoms with Crippen molar-refractivity contribution < 1.29 is 32.3 Å². The predicted molar refractivity (Wildman–Crippen MR) is 57.4 cm³/mol. The molecule has 19 heavy (non-hydrogen) atoms. The fourth-order valence-electron chi connectivity index (χ4n) is 1.63. The second-order valence-corrected chi connectivity index (χ2v) is 5.23. The zero-order valence-electron chi connectivity index (χ0n) is 10.7. The lowest BCUT2D eigenvalue weighted by atomic mass is 10.1. The normalized spacial score (nSPS) is 20.6. The third-order valence-corrected chi connectivity index (χ3v) is 2.35. The Morgan fingerprint density at radius 1 is 1.26 bits per heavy atom. The van der Waals surface area contributed by atoms with Crippen LogP contribution in [0.25, 0.3) is 0 Å². The van der Waals surface area contributed by atoms with E-state index in [0.717, 1.165) is 0 Å². The molecule has 1 saturated heterocycles. The Hall–Kier alpha value is -1.60. The molecule has 0 aromatic carbocycles. The van der Waals surface area contributed by atoms with E-state index in [9.17, 15) is 27.6 Å². The molecule has 0 aromatic rings. The minimum atomic E-state index is -5.09. The molecule has 1 atom stereocenters. The van der Waals surface area contributed by atoms with Crippen LogP contribution in [0.2, 0.25) is 0 Å². The maximum absolute atomic E-state index is 12.4. The number of nitrogens with zero attached hydrogens (tertiary/aromatic N) is 1. The third kappa shape index (κ3) is 3.93. The molecule has 108 valence electrons. The van der Waals surface area contributed by atoms with Gasteiger partial charge in [0.25, 0.3) is 5.78 Å². The number of hydrogen-bond acceptors (Lipinski definition) is 4. The van der Waals surface area contributed by atoms with Gasteiger partial charge in [0.1, 0.15) is 11.6 Å².